The van der Waals surface area contributed by atoms with Crippen LogP contribution in [0, 0.1) is 16.2 Å². The van der Waals surface area contributed by atoms with Crippen molar-refractivity contribution in [3.63, 3.8) is 0 Å². The third-order valence-corrected chi connectivity index (χ3v) is 7.36. The minimum atomic E-state index is -0.772. The molecule has 2 bridgehead atoms. The fourth-order valence-electron chi connectivity index (χ4n) is 4.68. The van der Waals surface area contributed by atoms with E-state index in [9.17, 15) is 9.59 Å². The van der Waals surface area contributed by atoms with E-state index >= 15 is 0 Å². The zero-order chi connectivity index (χ0) is 18.7. The van der Waals surface area contributed by atoms with Crippen molar-refractivity contribution in [1.29, 1.82) is 0 Å². The lowest BCUT2D eigenvalue weighted by atomic mass is 9.66. The molecule has 2 aliphatic carbocycles. The fourth-order valence-corrected chi connectivity index (χ4v) is 4.68. The third-order valence-electron chi connectivity index (χ3n) is 7.36. The fraction of sp³-hybridized carbons (Fsp3) is 0.476. The largest absolute Gasteiger partial charge is 0.422 e. The molecule has 0 spiro atoms. The van der Waals surface area contributed by atoms with Crippen LogP contribution in [0.25, 0.3) is 11.0 Å². The Morgan fingerprint density at radius 2 is 1.88 bits per heavy atom. The molecule has 2 atom stereocenters. The van der Waals surface area contributed by atoms with Gasteiger partial charge < -0.3 is 9.25 Å². The van der Waals surface area contributed by atoms with E-state index in [1.807, 2.05) is 6.07 Å². The van der Waals surface area contributed by atoms with Crippen molar-refractivity contribution < 1.29 is 14.0 Å². The number of para-hydroxylation sites is 1. The second-order valence-corrected chi connectivity index (χ2v) is 8.60. The molecule has 4 rings (SSSR count). The van der Waals surface area contributed by atoms with Crippen LogP contribution in [-0.4, -0.2) is 11.7 Å². The molecule has 0 radical (unpaired) electrons. The Kier molecular flexibility index (Phi) is 3.46. The van der Waals surface area contributed by atoms with Crippen molar-refractivity contribution in [2.45, 2.75) is 47.0 Å². The summed E-state index contributed by atoms with van der Waals surface area (Å²) in [6.07, 6.45) is 3.00. The molecule has 26 heavy (non-hydrogen) atoms. The molecular weight excluding hydrogens is 330 g/mol. The second kappa shape index (κ2) is 5.29. The van der Waals surface area contributed by atoms with Crippen molar-refractivity contribution in [1.82, 2.24) is 0 Å². The monoisotopic (exact) mass is 353 g/mol. The highest BCUT2D eigenvalue weighted by atomic mass is 16.7. The van der Waals surface area contributed by atoms with Gasteiger partial charge in [0.15, 0.2) is 0 Å². The Labute approximate surface area is 152 Å². The van der Waals surface area contributed by atoms with Crippen LogP contribution in [0.5, 0.6) is 0 Å². The maximum Gasteiger partial charge on any atom is 0.373 e. The molecule has 5 nitrogen and oxygen atoms in total. The zero-order valence-corrected chi connectivity index (χ0v) is 15.6. The number of benzene rings is 1. The average molecular weight is 353 g/mol. The molecule has 2 fully saturated rings. The summed E-state index contributed by atoms with van der Waals surface area (Å²) in [6, 6.07) is 8.55. The predicted octanol–water partition coefficient (Wildman–Crippen LogP) is 4.54. The SMILES string of the molecule is CC12CCC(C)(/C(=N/OC(=O)c3cc4ccccc4oc3=O)C1)C2(C)C. The Balaban J connectivity index is 1.63. The van der Waals surface area contributed by atoms with E-state index in [0.29, 0.717) is 11.0 Å². The van der Waals surface area contributed by atoms with Gasteiger partial charge >= 0.3 is 11.6 Å². The smallest absolute Gasteiger partial charge is 0.373 e. The second-order valence-electron chi connectivity index (χ2n) is 8.60. The van der Waals surface area contributed by atoms with Crippen LogP contribution in [0.15, 0.2) is 44.7 Å². The summed E-state index contributed by atoms with van der Waals surface area (Å²) in [5.74, 6) is -0.772. The molecule has 0 amide bonds. The Morgan fingerprint density at radius 1 is 1.15 bits per heavy atom. The zero-order valence-electron chi connectivity index (χ0n) is 15.6. The first-order chi connectivity index (χ1) is 12.2. The molecule has 1 aromatic carbocycles. The maximum atomic E-state index is 12.4. The highest BCUT2D eigenvalue weighted by molar-refractivity contribution is 5.97. The van der Waals surface area contributed by atoms with Gasteiger partial charge in [0, 0.05) is 10.8 Å². The summed E-state index contributed by atoms with van der Waals surface area (Å²) in [5.41, 5.74) is 0.677. The van der Waals surface area contributed by atoms with E-state index in [1.54, 1.807) is 18.2 Å². The lowest BCUT2D eigenvalue weighted by molar-refractivity contribution is 0.0503. The van der Waals surface area contributed by atoms with Gasteiger partial charge in [-0.25, -0.2) is 9.59 Å². The number of carbonyl (C=O) groups is 1. The van der Waals surface area contributed by atoms with Crippen LogP contribution in [0.4, 0.5) is 0 Å². The Morgan fingerprint density at radius 3 is 2.54 bits per heavy atom. The molecule has 2 saturated carbocycles. The number of carbonyl (C=O) groups excluding carboxylic acids is 1. The van der Waals surface area contributed by atoms with Gasteiger partial charge in [-0.2, -0.15) is 0 Å². The first-order valence-corrected chi connectivity index (χ1v) is 9.00. The van der Waals surface area contributed by atoms with E-state index < -0.39 is 11.6 Å². The van der Waals surface area contributed by atoms with E-state index in [4.69, 9.17) is 9.25 Å². The van der Waals surface area contributed by atoms with E-state index in [-0.39, 0.29) is 21.8 Å². The van der Waals surface area contributed by atoms with Crippen LogP contribution in [0.3, 0.4) is 0 Å². The van der Waals surface area contributed by atoms with Gasteiger partial charge in [-0.05, 0) is 42.2 Å². The summed E-state index contributed by atoms with van der Waals surface area (Å²) in [4.78, 5) is 29.7. The molecule has 0 saturated heterocycles. The van der Waals surface area contributed by atoms with Crippen LogP contribution < -0.4 is 5.63 Å². The Hall–Kier alpha value is -2.43. The summed E-state index contributed by atoms with van der Waals surface area (Å²) in [7, 11) is 0. The topological polar surface area (TPSA) is 68.9 Å². The van der Waals surface area contributed by atoms with Crippen LogP contribution in [-0.2, 0) is 4.84 Å². The van der Waals surface area contributed by atoms with Gasteiger partial charge in [-0.15, -0.1) is 0 Å². The van der Waals surface area contributed by atoms with Gasteiger partial charge in [-0.3, -0.25) is 0 Å². The average Bonchev–Trinajstić information content (AvgIpc) is 2.87. The first-order valence-electron chi connectivity index (χ1n) is 9.00. The van der Waals surface area contributed by atoms with Gasteiger partial charge in [-0.1, -0.05) is 51.0 Å². The standard InChI is InChI=1S/C21H23NO4/c1-19(2)20(3)9-10-21(19,4)16(12-20)22-26-18(24)14-11-13-7-5-6-8-15(13)25-17(14)23/h5-8,11H,9-10,12H2,1-4H3/b22-16+. The van der Waals surface area contributed by atoms with E-state index in [1.165, 1.54) is 6.07 Å². The van der Waals surface area contributed by atoms with Crippen molar-refractivity contribution in [2.24, 2.45) is 21.4 Å². The molecule has 2 unspecified atom stereocenters. The summed E-state index contributed by atoms with van der Waals surface area (Å²) in [6.45, 7) is 9.01. The molecule has 1 aromatic heterocycles. The van der Waals surface area contributed by atoms with Crippen molar-refractivity contribution in [3.8, 4) is 0 Å². The van der Waals surface area contributed by atoms with Gasteiger partial charge in [0.2, 0.25) is 0 Å². The molecular formula is C21H23NO4. The molecule has 2 aliphatic rings. The molecule has 1 heterocycles. The van der Waals surface area contributed by atoms with Crippen molar-refractivity contribution in [3.05, 3.63) is 46.3 Å². The summed E-state index contributed by atoms with van der Waals surface area (Å²) in [5, 5.41) is 4.88. The number of hydrogen-bond donors (Lipinski definition) is 0. The number of hydrogen-bond acceptors (Lipinski definition) is 5. The maximum absolute atomic E-state index is 12.4. The predicted molar refractivity (Wildman–Crippen MR) is 99.2 cm³/mol. The van der Waals surface area contributed by atoms with Gasteiger partial charge in [0.25, 0.3) is 0 Å². The lowest BCUT2D eigenvalue weighted by Gasteiger charge is -2.38. The highest BCUT2D eigenvalue weighted by Crippen LogP contribution is 2.70. The molecule has 2 aromatic rings. The lowest BCUT2D eigenvalue weighted by Crippen LogP contribution is -2.34. The highest BCUT2D eigenvalue weighted by Gasteiger charge is 2.66. The number of fused-ring (bicyclic) bond motifs is 3. The minimum Gasteiger partial charge on any atom is -0.422 e. The van der Waals surface area contributed by atoms with Crippen LogP contribution >= 0.6 is 0 Å². The molecule has 5 heteroatoms. The van der Waals surface area contributed by atoms with Gasteiger partial charge in [0.05, 0.1) is 5.71 Å². The van der Waals surface area contributed by atoms with E-state index in [2.05, 4.69) is 32.9 Å². The number of nitrogens with zero attached hydrogens (tertiary/aromatic N) is 1. The van der Waals surface area contributed by atoms with Crippen molar-refractivity contribution >= 4 is 22.7 Å². The molecule has 0 N–H and O–H groups in total. The summed E-state index contributed by atoms with van der Waals surface area (Å²) >= 11 is 0. The van der Waals surface area contributed by atoms with Gasteiger partial charge in [0.1, 0.15) is 11.1 Å². The van der Waals surface area contributed by atoms with Crippen LogP contribution in [0.1, 0.15) is 57.3 Å². The summed E-state index contributed by atoms with van der Waals surface area (Å²) < 4.78 is 5.20. The van der Waals surface area contributed by atoms with Crippen LogP contribution in [0.2, 0.25) is 0 Å². The molecule has 136 valence electrons. The third kappa shape index (κ3) is 2.12. The van der Waals surface area contributed by atoms with Crippen molar-refractivity contribution in [2.75, 3.05) is 0 Å². The molecule has 0 aliphatic heterocycles. The first kappa shape index (κ1) is 17.0. The quantitative estimate of drug-likeness (QED) is 0.451. The van der Waals surface area contributed by atoms with E-state index in [0.717, 1.165) is 25.0 Å². The number of oxime groups is 1. The Bertz CT molecular complexity index is 1000. The normalized spacial score (nSPS) is 30.8. The number of rotatable bonds is 2. The minimum absolute atomic E-state index is 0.0872.